The third-order valence-corrected chi connectivity index (χ3v) is 2.44. The Morgan fingerprint density at radius 3 is 2.79 bits per heavy atom. The Hall–Kier alpha value is -2.24. The summed E-state index contributed by atoms with van der Waals surface area (Å²) in [7, 11) is 0. The van der Waals surface area contributed by atoms with E-state index in [4.69, 9.17) is 10.5 Å². The number of nitrogen functional groups attached to an aromatic ring is 1. The minimum Gasteiger partial charge on any atom is -0.506 e. The van der Waals surface area contributed by atoms with E-state index in [1.807, 2.05) is 0 Å². The van der Waals surface area contributed by atoms with Gasteiger partial charge in [-0.15, -0.1) is 0 Å². The first kappa shape index (κ1) is 14.8. The number of anilines is 1. The van der Waals surface area contributed by atoms with Crippen molar-refractivity contribution in [1.82, 2.24) is 5.32 Å². The molecule has 0 saturated carbocycles. The second-order valence-corrected chi connectivity index (χ2v) is 3.94. The van der Waals surface area contributed by atoms with E-state index < -0.39 is 0 Å². The molecular weight excluding hydrogens is 248 g/mol. The number of hydrogen-bond donors (Lipinski definition) is 3. The van der Waals surface area contributed by atoms with Crippen LogP contribution in [0.4, 0.5) is 5.69 Å². The van der Waals surface area contributed by atoms with Gasteiger partial charge in [0.25, 0.3) is 5.91 Å². The largest absolute Gasteiger partial charge is 0.506 e. The molecule has 0 aliphatic heterocycles. The number of benzene rings is 1. The summed E-state index contributed by atoms with van der Waals surface area (Å²) in [5, 5.41) is 12.0. The Bertz CT molecular complexity index is 460. The molecular formula is C13H18N2O4. The van der Waals surface area contributed by atoms with Crippen molar-refractivity contribution < 1.29 is 19.4 Å². The molecule has 0 bridgehead atoms. The predicted octanol–water partition coefficient (Wildman–Crippen LogP) is 1.05. The number of phenolic OH excluding ortho intramolecular Hbond substituents is 1. The van der Waals surface area contributed by atoms with E-state index in [2.05, 4.69) is 5.32 Å². The molecule has 0 atom stereocenters. The number of carbonyl (C=O) groups is 2. The molecule has 4 N–H and O–H groups in total. The molecule has 104 valence electrons. The fraction of sp³-hybridized carbons (Fsp3) is 0.385. The molecule has 0 saturated heterocycles. The summed E-state index contributed by atoms with van der Waals surface area (Å²) >= 11 is 0. The lowest BCUT2D eigenvalue weighted by Gasteiger charge is -2.06. The van der Waals surface area contributed by atoms with E-state index in [0.717, 1.165) is 0 Å². The number of nitrogens with one attached hydrogen (secondary N) is 1. The van der Waals surface area contributed by atoms with E-state index in [0.29, 0.717) is 25.1 Å². The van der Waals surface area contributed by atoms with Gasteiger partial charge in [-0.1, -0.05) is 0 Å². The van der Waals surface area contributed by atoms with Crippen molar-refractivity contribution in [2.24, 2.45) is 0 Å². The van der Waals surface area contributed by atoms with Gasteiger partial charge in [0.05, 0.1) is 12.3 Å². The second-order valence-electron chi connectivity index (χ2n) is 3.94. The predicted molar refractivity (Wildman–Crippen MR) is 70.7 cm³/mol. The zero-order valence-corrected chi connectivity index (χ0v) is 10.8. The van der Waals surface area contributed by atoms with Crippen molar-refractivity contribution in [2.45, 2.75) is 19.8 Å². The highest BCUT2D eigenvalue weighted by Gasteiger charge is 2.08. The molecule has 0 unspecified atom stereocenters. The summed E-state index contributed by atoms with van der Waals surface area (Å²) in [5.74, 6) is -0.722. The van der Waals surface area contributed by atoms with Gasteiger partial charge in [-0.3, -0.25) is 9.59 Å². The van der Waals surface area contributed by atoms with Crippen molar-refractivity contribution in [2.75, 3.05) is 18.9 Å². The number of amides is 1. The lowest BCUT2D eigenvalue weighted by atomic mass is 10.1. The quantitative estimate of drug-likeness (QED) is 0.309. The highest BCUT2D eigenvalue weighted by atomic mass is 16.5. The minimum atomic E-state index is -0.320. The fourth-order valence-corrected chi connectivity index (χ4v) is 1.45. The van der Waals surface area contributed by atoms with E-state index >= 15 is 0 Å². The average molecular weight is 266 g/mol. The van der Waals surface area contributed by atoms with Crippen LogP contribution in [0.5, 0.6) is 5.75 Å². The first-order valence-corrected chi connectivity index (χ1v) is 6.07. The average Bonchev–Trinajstić information content (AvgIpc) is 2.38. The number of hydrogen-bond acceptors (Lipinski definition) is 5. The van der Waals surface area contributed by atoms with Gasteiger partial charge >= 0.3 is 5.97 Å². The van der Waals surface area contributed by atoms with Crippen molar-refractivity contribution in [3.63, 3.8) is 0 Å². The van der Waals surface area contributed by atoms with Crippen LogP contribution in [0, 0.1) is 0 Å². The number of nitrogens with two attached hydrogens (primary N) is 1. The smallest absolute Gasteiger partial charge is 0.305 e. The number of aromatic hydroxyl groups is 1. The van der Waals surface area contributed by atoms with Crippen LogP contribution in [-0.2, 0) is 9.53 Å². The summed E-state index contributed by atoms with van der Waals surface area (Å²) in [6.45, 7) is 2.46. The molecule has 0 aliphatic rings. The Kier molecular flexibility index (Phi) is 5.66. The van der Waals surface area contributed by atoms with Gasteiger partial charge < -0.3 is 20.9 Å². The van der Waals surface area contributed by atoms with Gasteiger partial charge in [0, 0.05) is 18.5 Å². The van der Waals surface area contributed by atoms with Crippen molar-refractivity contribution >= 4 is 17.6 Å². The van der Waals surface area contributed by atoms with Crippen molar-refractivity contribution in [1.29, 1.82) is 0 Å². The number of rotatable bonds is 6. The number of esters is 1. The maximum absolute atomic E-state index is 11.7. The number of phenols is 1. The summed E-state index contributed by atoms with van der Waals surface area (Å²) in [6, 6.07) is 4.29. The Morgan fingerprint density at radius 2 is 2.16 bits per heavy atom. The molecule has 0 heterocycles. The summed E-state index contributed by atoms with van der Waals surface area (Å²) in [4.78, 5) is 22.8. The lowest BCUT2D eigenvalue weighted by molar-refractivity contribution is -0.143. The summed E-state index contributed by atoms with van der Waals surface area (Å²) in [5.41, 5.74) is 5.98. The number of carbonyl (C=O) groups excluding carboxylic acids is 2. The van der Waals surface area contributed by atoms with Crippen molar-refractivity contribution in [3.8, 4) is 5.75 Å². The summed E-state index contributed by atoms with van der Waals surface area (Å²) < 4.78 is 4.76. The first-order valence-electron chi connectivity index (χ1n) is 6.07. The third kappa shape index (κ3) is 4.87. The Labute approximate surface area is 111 Å². The lowest BCUT2D eigenvalue weighted by Crippen LogP contribution is -2.25. The molecule has 6 heteroatoms. The van der Waals surface area contributed by atoms with Crippen LogP contribution in [0.15, 0.2) is 18.2 Å². The topological polar surface area (TPSA) is 102 Å². The second kappa shape index (κ2) is 7.25. The molecule has 19 heavy (non-hydrogen) atoms. The van der Waals surface area contributed by atoms with Crippen molar-refractivity contribution in [3.05, 3.63) is 23.8 Å². The zero-order valence-electron chi connectivity index (χ0n) is 10.8. The minimum absolute atomic E-state index is 0.126. The van der Waals surface area contributed by atoms with Crippen LogP contribution in [0.3, 0.4) is 0 Å². The monoisotopic (exact) mass is 266 g/mol. The maximum Gasteiger partial charge on any atom is 0.305 e. The van der Waals surface area contributed by atoms with Gasteiger partial charge in [0.1, 0.15) is 5.75 Å². The zero-order chi connectivity index (χ0) is 14.3. The Balaban J connectivity index is 2.35. The molecule has 6 nitrogen and oxygen atoms in total. The Morgan fingerprint density at radius 1 is 1.42 bits per heavy atom. The molecule has 0 aromatic heterocycles. The van der Waals surface area contributed by atoms with Crippen LogP contribution in [0.2, 0.25) is 0 Å². The van der Waals surface area contributed by atoms with E-state index in [9.17, 15) is 14.7 Å². The highest BCUT2D eigenvalue weighted by molar-refractivity contribution is 5.95. The molecule has 1 rings (SSSR count). The van der Waals surface area contributed by atoms with Crippen LogP contribution in [0.25, 0.3) is 0 Å². The normalized spacial score (nSPS) is 9.95. The molecule has 0 spiro atoms. The van der Waals surface area contributed by atoms with Gasteiger partial charge in [-0.2, -0.15) is 0 Å². The van der Waals surface area contributed by atoms with Gasteiger partial charge in [-0.05, 0) is 31.5 Å². The first-order chi connectivity index (χ1) is 9.04. The van der Waals surface area contributed by atoms with Crippen LogP contribution in [-0.4, -0.2) is 30.1 Å². The molecule has 1 aromatic carbocycles. The molecule has 0 radical (unpaired) electrons. The highest BCUT2D eigenvalue weighted by Crippen LogP contribution is 2.20. The van der Waals surface area contributed by atoms with E-state index in [1.54, 1.807) is 6.92 Å². The molecule has 0 aliphatic carbocycles. The van der Waals surface area contributed by atoms with Gasteiger partial charge in [0.2, 0.25) is 0 Å². The fourth-order valence-electron chi connectivity index (χ4n) is 1.45. The maximum atomic E-state index is 11.7. The molecule has 1 amide bonds. The van der Waals surface area contributed by atoms with E-state index in [-0.39, 0.29) is 29.7 Å². The van der Waals surface area contributed by atoms with Gasteiger partial charge in [0.15, 0.2) is 0 Å². The van der Waals surface area contributed by atoms with Crippen LogP contribution in [0.1, 0.15) is 30.1 Å². The SMILES string of the molecule is CCOC(=O)CCCNC(=O)c1ccc(N)c(O)c1. The third-order valence-electron chi connectivity index (χ3n) is 2.44. The number of ether oxygens (including phenoxy) is 1. The molecule has 0 fully saturated rings. The molecule has 1 aromatic rings. The van der Waals surface area contributed by atoms with E-state index in [1.165, 1.54) is 18.2 Å². The summed E-state index contributed by atoms with van der Waals surface area (Å²) in [6.07, 6.45) is 0.770. The van der Waals surface area contributed by atoms with Gasteiger partial charge in [-0.25, -0.2) is 0 Å². The standard InChI is InChI=1S/C13H18N2O4/c1-2-19-12(17)4-3-7-15-13(18)9-5-6-10(14)11(16)8-9/h5-6,8,16H,2-4,7,14H2,1H3,(H,15,18). The van der Waals surface area contributed by atoms with Crippen LogP contribution < -0.4 is 11.1 Å². The van der Waals surface area contributed by atoms with Crippen LogP contribution >= 0.6 is 0 Å².